The van der Waals surface area contributed by atoms with E-state index in [1.54, 1.807) is 17.6 Å². The number of rotatable bonds is 3. The number of carbonyl (C=O) groups is 2. The van der Waals surface area contributed by atoms with Crippen LogP contribution in [0.15, 0.2) is 24.3 Å². The number of likely N-dealkylation sites (tertiary alicyclic amines) is 1. The van der Waals surface area contributed by atoms with E-state index in [1.165, 1.54) is 0 Å². The topological polar surface area (TPSA) is 81.7 Å². The van der Waals surface area contributed by atoms with Crippen LogP contribution in [0.2, 0.25) is 0 Å². The molecular formula is C15H21N3O3. The molecule has 0 aromatic heterocycles. The lowest BCUT2D eigenvalue weighted by Crippen LogP contribution is -2.54. The van der Waals surface area contributed by atoms with Gasteiger partial charge in [0.15, 0.2) is 0 Å². The van der Waals surface area contributed by atoms with Crippen molar-refractivity contribution in [3.63, 3.8) is 0 Å². The van der Waals surface area contributed by atoms with Crippen LogP contribution >= 0.6 is 0 Å². The standard InChI is InChI=1S/C15H21N3O3/c1-10-3-5-11(6-4-10)14(19)16-13-7-8-18(2)9-12(13)15(20)17-21/h3-6,12-13,21H,7-9H2,1-2H3,(H,16,19)(H,17,20)/t12-,13+/m0/s1. The van der Waals surface area contributed by atoms with Crippen LogP contribution in [0.4, 0.5) is 0 Å². The number of carbonyl (C=O) groups excluding carboxylic acids is 2. The molecule has 2 amide bonds. The van der Waals surface area contributed by atoms with E-state index < -0.39 is 11.8 Å². The van der Waals surface area contributed by atoms with Gasteiger partial charge in [-0.3, -0.25) is 14.8 Å². The van der Waals surface area contributed by atoms with E-state index in [0.717, 1.165) is 12.1 Å². The summed E-state index contributed by atoms with van der Waals surface area (Å²) in [5.41, 5.74) is 3.35. The molecule has 114 valence electrons. The van der Waals surface area contributed by atoms with Gasteiger partial charge in [0.2, 0.25) is 5.91 Å². The Morgan fingerprint density at radius 2 is 1.95 bits per heavy atom. The highest BCUT2D eigenvalue weighted by Gasteiger charge is 2.34. The number of hydrogen-bond donors (Lipinski definition) is 3. The summed E-state index contributed by atoms with van der Waals surface area (Å²) in [6.07, 6.45) is 0.673. The second kappa shape index (κ2) is 6.69. The number of hydroxylamine groups is 1. The van der Waals surface area contributed by atoms with Crippen molar-refractivity contribution >= 4 is 11.8 Å². The molecule has 3 N–H and O–H groups in total. The van der Waals surface area contributed by atoms with Gasteiger partial charge in [-0.25, -0.2) is 5.48 Å². The molecular weight excluding hydrogens is 270 g/mol. The molecule has 0 saturated carbocycles. The molecule has 1 aromatic rings. The van der Waals surface area contributed by atoms with Gasteiger partial charge in [0.25, 0.3) is 5.91 Å². The van der Waals surface area contributed by atoms with Crippen LogP contribution < -0.4 is 10.8 Å². The van der Waals surface area contributed by atoms with Crippen molar-refractivity contribution in [3.05, 3.63) is 35.4 Å². The third-order valence-corrected chi connectivity index (χ3v) is 3.89. The smallest absolute Gasteiger partial charge is 0.251 e. The van der Waals surface area contributed by atoms with Gasteiger partial charge in [-0.2, -0.15) is 0 Å². The zero-order valence-electron chi connectivity index (χ0n) is 12.3. The first-order chi connectivity index (χ1) is 10.0. The van der Waals surface area contributed by atoms with Crippen LogP contribution in [-0.2, 0) is 4.79 Å². The number of hydrogen-bond acceptors (Lipinski definition) is 4. The quantitative estimate of drug-likeness (QED) is 0.561. The summed E-state index contributed by atoms with van der Waals surface area (Å²) in [5, 5.41) is 11.7. The van der Waals surface area contributed by atoms with Gasteiger partial charge in [-0.15, -0.1) is 0 Å². The Kier molecular flexibility index (Phi) is 4.93. The predicted molar refractivity (Wildman–Crippen MR) is 78.0 cm³/mol. The highest BCUT2D eigenvalue weighted by atomic mass is 16.5. The average Bonchev–Trinajstić information content (AvgIpc) is 2.48. The summed E-state index contributed by atoms with van der Waals surface area (Å²) < 4.78 is 0. The molecule has 21 heavy (non-hydrogen) atoms. The zero-order chi connectivity index (χ0) is 15.4. The van der Waals surface area contributed by atoms with Crippen molar-refractivity contribution in [1.29, 1.82) is 0 Å². The number of nitrogens with one attached hydrogen (secondary N) is 2. The minimum atomic E-state index is -0.462. The van der Waals surface area contributed by atoms with Gasteiger partial charge in [-0.1, -0.05) is 17.7 Å². The second-order valence-corrected chi connectivity index (χ2v) is 5.58. The maximum Gasteiger partial charge on any atom is 0.251 e. The second-order valence-electron chi connectivity index (χ2n) is 5.58. The van der Waals surface area contributed by atoms with Gasteiger partial charge in [-0.05, 0) is 39.1 Å². The number of aryl methyl sites for hydroxylation is 1. The molecule has 0 radical (unpaired) electrons. The molecule has 0 unspecified atom stereocenters. The van der Waals surface area contributed by atoms with E-state index in [1.807, 2.05) is 31.0 Å². The van der Waals surface area contributed by atoms with Crippen LogP contribution in [0.25, 0.3) is 0 Å². The number of amides is 2. The van der Waals surface area contributed by atoms with Gasteiger partial charge in [0, 0.05) is 18.2 Å². The molecule has 1 fully saturated rings. The van der Waals surface area contributed by atoms with Crippen molar-refractivity contribution in [2.75, 3.05) is 20.1 Å². The van der Waals surface area contributed by atoms with Crippen LogP contribution in [-0.4, -0.2) is 48.1 Å². The monoisotopic (exact) mass is 291 g/mol. The summed E-state index contributed by atoms with van der Waals surface area (Å²) >= 11 is 0. The Bertz CT molecular complexity index is 515. The lowest BCUT2D eigenvalue weighted by Gasteiger charge is -2.35. The maximum absolute atomic E-state index is 12.2. The summed E-state index contributed by atoms with van der Waals surface area (Å²) in [5.74, 6) is -1.11. The van der Waals surface area contributed by atoms with Crippen LogP contribution in [0.1, 0.15) is 22.3 Å². The summed E-state index contributed by atoms with van der Waals surface area (Å²) in [6.45, 7) is 3.26. The molecule has 0 bridgehead atoms. The number of piperidine rings is 1. The zero-order valence-corrected chi connectivity index (χ0v) is 12.3. The predicted octanol–water partition coefficient (Wildman–Crippen LogP) is 0.551. The van der Waals surface area contributed by atoms with E-state index in [9.17, 15) is 9.59 Å². The van der Waals surface area contributed by atoms with Crippen LogP contribution in [0.3, 0.4) is 0 Å². The fourth-order valence-electron chi connectivity index (χ4n) is 2.59. The van der Waals surface area contributed by atoms with Crippen molar-refractivity contribution in [3.8, 4) is 0 Å². The third kappa shape index (κ3) is 3.80. The fraction of sp³-hybridized carbons (Fsp3) is 0.467. The lowest BCUT2D eigenvalue weighted by molar-refractivity contribution is -0.135. The first-order valence-corrected chi connectivity index (χ1v) is 7.01. The third-order valence-electron chi connectivity index (χ3n) is 3.89. The summed E-state index contributed by atoms with van der Waals surface area (Å²) in [4.78, 5) is 26.0. The molecule has 2 atom stereocenters. The molecule has 6 nitrogen and oxygen atoms in total. The van der Waals surface area contributed by atoms with Crippen LogP contribution in [0.5, 0.6) is 0 Å². The highest BCUT2D eigenvalue weighted by Crippen LogP contribution is 2.17. The normalized spacial score (nSPS) is 22.6. The van der Waals surface area contributed by atoms with Gasteiger partial charge in [0.1, 0.15) is 0 Å². The van der Waals surface area contributed by atoms with Crippen LogP contribution in [0, 0.1) is 12.8 Å². The van der Waals surface area contributed by atoms with Gasteiger partial charge >= 0.3 is 0 Å². The van der Waals surface area contributed by atoms with Crippen molar-refractivity contribution in [2.24, 2.45) is 5.92 Å². The Morgan fingerprint density at radius 1 is 1.29 bits per heavy atom. The minimum absolute atomic E-state index is 0.194. The van der Waals surface area contributed by atoms with E-state index in [4.69, 9.17) is 5.21 Å². The molecule has 0 spiro atoms. The molecule has 1 saturated heterocycles. The van der Waals surface area contributed by atoms with Gasteiger partial charge in [0.05, 0.1) is 5.92 Å². The lowest BCUT2D eigenvalue weighted by atomic mass is 9.91. The molecule has 1 heterocycles. The Hall–Kier alpha value is -1.92. The first kappa shape index (κ1) is 15.5. The van der Waals surface area contributed by atoms with Crippen molar-refractivity contribution < 1.29 is 14.8 Å². The van der Waals surface area contributed by atoms with Crippen molar-refractivity contribution in [1.82, 2.24) is 15.7 Å². The molecule has 1 aliphatic rings. The van der Waals surface area contributed by atoms with E-state index in [-0.39, 0.29) is 11.9 Å². The maximum atomic E-state index is 12.2. The van der Waals surface area contributed by atoms with Crippen molar-refractivity contribution in [2.45, 2.75) is 19.4 Å². The summed E-state index contributed by atoms with van der Waals surface area (Å²) in [6, 6.07) is 7.01. The molecule has 1 aromatic carbocycles. The Balaban J connectivity index is 2.07. The van der Waals surface area contributed by atoms with E-state index in [2.05, 4.69) is 5.32 Å². The number of nitrogens with zero attached hydrogens (tertiary/aromatic N) is 1. The fourth-order valence-corrected chi connectivity index (χ4v) is 2.59. The molecule has 2 rings (SSSR count). The minimum Gasteiger partial charge on any atom is -0.348 e. The summed E-state index contributed by atoms with van der Waals surface area (Å²) in [7, 11) is 1.91. The van der Waals surface area contributed by atoms with E-state index >= 15 is 0 Å². The number of benzene rings is 1. The molecule has 1 aliphatic heterocycles. The Labute approximate surface area is 124 Å². The largest absolute Gasteiger partial charge is 0.348 e. The van der Waals surface area contributed by atoms with E-state index in [0.29, 0.717) is 18.5 Å². The molecule has 0 aliphatic carbocycles. The highest BCUT2D eigenvalue weighted by molar-refractivity contribution is 5.94. The molecule has 6 heteroatoms. The Morgan fingerprint density at radius 3 is 2.57 bits per heavy atom. The van der Waals surface area contributed by atoms with Gasteiger partial charge < -0.3 is 10.2 Å². The average molecular weight is 291 g/mol. The first-order valence-electron chi connectivity index (χ1n) is 7.01. The SMILES string of the molecule is Cc1ccc(C(=O)N[C@@H]2CCN(C)C[C@@H]2C(=O)NO)cc1.